The maximum Gasteiger partial charge on any atom is 0.337 e. The minimum atomic E-state index is -0.352. The number of hydrogen-bond acceptors (Lipinski definition) is 4. The Hall–Kier alpha value is -1.03. The van der Waals surface area contributed by atoms with Gasteiger partial charge >= 0.3 is 5.97 Å². The van der Waals surface area contributed by atoms with Crippen LogP contribution in [0.4, 0.5) is 0 Å². The maximum absolute atomic E-state index is 11.6. The Bertz CT molecular complexity index is 270. The van der Waals surface area contributed by atoms with Crippen LogP contribution in [-0.2, 0) is 19.0 Å². The van der Waals surface area contributed by atoms with Crippen molar-refractivity contribution in [2.24, 2.45) is 5.92 Å². The Morgan fingerprint density at radius 3 is 2.60 bits per heavy atom. The number of esters is 1. The SMILES string of the molecule is CCOC(=O)C1=C(C)O[C@@H](OCC)[C@@H]1C. The van der Waals surface area contributed by atoms with Crippen LogP contribution in [0.2, 0.25) is 0 Å². The molecule has 0 fully saturated rings. The standard InChI is InChI=1S/C11H18O4/c1-5-13-10(12)9-7(3)11(14-6-2)15-8(9)4/h7,11H,5-6H2,1-4H3/t7-,11-/m1/s1. The predicted molar refractivity (Wildman–Crippen MR) is 55.0 cm³/mol. The van der Waals surface area contributed by atoms with Crippen molar-refractivity contribution >= 4 is 5.97 Å². The van der Waals surface area contributed by atoms with Crippen LogP contribution in [-0.4, -0.2) is 25.5 Å². The molecular weight excluding hydrogens is 196 g/mol. The highest BCUT2D eigenvalue weighted by molar-refractivity contribution is 5.90. The summed E-state index contributed by atoms with van der Waals surface area (Å²) in [6.07, 6.45) is -0.352. The molecule has 0 radical (unpaired) electrons. The van der Waals surface area contributed by atoms with Gasteiger partial charge in [-0.1, -0.05) is 6.92 Å². The van der Waals surface area contributed by atoms with E-state index in [4.69, 9.17) is 14.2 Å². The van der Waals surface area contributed by atoms with Crippen LogP contribution >= 0.6 is 0 Å². The molecule has 4 heteroatoms. The highest BCUT2D eigenvalue weighted by Gasteiger charge is 2.36. The van der Waals surface area contributed by atoms with Gasteiger partial charge in [-0.2, -0.15) is 0 Å². The number of ether oxygens (including phenoxy) is 3. The monoisotopic (exact) mass is 214 g/mol. The van der Waals surface area contributed by atoms with Gasteiger partial charge in [-0.05, 0) is 20.8 Å². The van der Waals surface area contributed by atoms with E-state index >= 15 is 0 Å². The Morgan fingerprint density at radius 1 is 1.40 bits per heavy atom. The fourth-order valence-corrected chi connectivity index (χ4v) is 1.68. The van der Waals surface area contributed by atoms with E-state index in [1.165, 1.54) is 0 Å². The van der Waals surface area contributed by atoms with Crippen LogP contribution < -0.4 is 0 Å². The summed E-state index contributed by atoms with van der Waals surface area (Å²) in [6, 6.07) is 0. The third-order valence-electron chi connectivity index (χ3n) is 2.36. The molecule has 1 aliphatic rings. The molecule has 0 saturated heterocycles. The molecule has 0 unspecified atom stereocenters. The average molecular weight is 214 g/mol. The summed E-state index contributed by atoms with van der Waals surface area (Å²) in [4.78, 5) is 11.6. The minimum Gasteiger partial charge on any atom is -0.468 e. The lowest BCUT2D eigenvalue weighted by atomic mass is 10.0. The Kier molecular flexibility index (Phi) is 4.15. The van der Waals surface area contributed by atoms with Gasteiger partial charge in [0.2, 0.25) is 6.29 Å². The lowest BCUT2D eigenvalue weighted by Gasteiger charge is -2.16. The minimum absolute atomic E-state index is 0.0657. The summed E-state index contributed by atoms with van der Waals surface area (Å²) in [5, 5.41) is 0. The van der Waals surface area contributed by atoms with Crippen molar-refractivity contribution in [3.8, 4) is 0 Å². The van der Waals surface area contributed by atoms with E-state index in [0.29, 0.717) is 24.5 Å². The molecule has 2 atom stereocenters. The van der Waals surface area contributed by atoms with Crippen LogP contribution in [0.1, 0.15) is 27.7 Å². The second kappa shape index (κ2) is 5.16. The second-order valence-electron chi connectivity index (χ2n) is 3.42. The molecule has 0 bridgehead atoms. The molecule has 0 aromatic heterocycles. The highest BCUT2D eigenvalue weighted by Crippen LogP contribution is 2.32. The molecule has 15 heavy (non-hydrogen) atoms. The van der Waals surface area contributed by atoms with Crippen LogP contribution in [0.15, 0.2) is 11.3 Å². The largest absolute Gasteiger partial charge is 0.468 e. The molecule has 1 heterocycles. The lowest BCUT2D eigenvalue weighted by molar-refractivity contribution is -0.140. The van der Waals surface area contributed by atoms with Gasteiger partial charge in [-0.15, -0.1) is 0 Å². The van der Waals surface area contributed by atoms with Crippen LogP contribution in [0.5, 0.6) is 0 Å². The first kappa shape index (κ1) is 12.0. The van der Waals surface area contributed by atoms with Gasteiger partial charge in [0.1, 0.15) is 5.76 Å². The molecule has 86 valence electrons. The normalized spacial score (nSPS) is 25.3. The Balaban J connectivity index is 2.71. The zero-order chi connectivity index (χ0) is 11.4. The smallest absolute Gasteiger partial charge is 0.337 e. The van der Waals surface area contributed by atoms with Gasteiger partial charge in [0.15, 0.2) is 0 Å². The fraction of sp³-hybridized carbons (Fsp3) is 0.727. The zero-order valence-electron chi connectivity index (χ0n) is 9.70. The molecule has 0 amide bonds. The first-order valence-electron chi connectivity index (χ1n) is 5.27. The van der Waals surface area contributed by atoms with Gasteiger partial charge < -0.3 is 14.2 Å². The number of rotatable bonds is 4. The van der Waals surface area contributed by atoms with Crippen molar-refractivity contribution in [1.29, 1.82) is 0 Å². The summed E-state index contributed by atoms with van der Waals surface area (Å²) in [5.74, 6) is 0.244. The summed E-state index contributed by atoms with van der Waals surface area (Å²) in [7, 11) is 0. The Labute approximate surface area is 90.2 Å². The third-order valence-corrected chi connectivity index (χ3v) is 2.36. The maximum atomic E-state index is 11.6. The van der Waals surface area contributed by atoms with Gasteiger partial charge in [-0.3, -0.25) is 0 Å². The van der Waals surface area contributed by atoms with E-state index in [0.717, 1.165) is 0 Å². The second-order valence-corrected chi connectivity index (χ2v) is 3.42. The molecule has 1 rings (SSSR count). The number of allylic oxidation sites excluding steroid dienone is 1. The van der Waals surface area contributed by atoms with E-state index in [1.54, 1.807) is 13.8 Å². The predicted octanol–water partition coefficient (Wildman–Crippen LogP) is 1.85. The lowest BCUT2D eigenvalue weighted by Crippen LogP contribution is -2.22. The van der Waals surface area contributed by atoms with Crippen LogP contribution in [0.25, 0.3) is 0 Å². The number of carbonyl (C=O) groups is 1. The van der Waals surface area contributed by atoms with Crippen molar-refractivity contribution < 1.29 is 19.0 Å². The topological polar surface area (TPSA) is 44.8 Å². The van der Waals surface area contributed by atoms with Crippen molar-refractivity contribution in [3.63, 3.8) is 0 Å². The summed E-state index contributed by atoms with van der Waals surface area (Å²) < 4.78 is 15.8. The molecule has 0 aromatic rings. The summed E-state index contributed by atoms with van der Waals surface area (Å²) in [6.45, 7) is 8.30. The number of carbonyl (C=O) groups excluding carboxylic acids is 1. The van der Waals surface area contributed by atoms with Crippen molar-refractivity contribution in [3.05, 3.63) is 11.3 Å². The molecule has 1 aliphatic heterocycles. The van der Waals surface area contributed by atoms with Gasteiger partial charge in [0, 0.05) is 6.61 Å². The fourth-order valence-electron chi connectivity index (χ4n) is 1.68. The van der Waals surface area contributed by atoms with Crippen molar-refractivity contribution in [2.45, 2.75) is 34.0 Å². The molecular formula is C11H18O4. The van der Waals surface area contributed by atoms with Gasteiger partial charge in [0.05, 0.1) is 18.1 Å². The molecule has 0 saturated carbocycles. The van der Waals surface area contributed by atoms with Crippen molar-refractivity contribution in [1.82, 2.24) is 0 Å². The molecule has 0 aromatic carbocycles. The van der Waals surface area contributed by atoms with E-state index < -0.39 is 0 Å². The van der Waals surface area contributed by atoms with Crippen LogP contribution in [0, 0.1) is 5.92 Å². The zero-order valence-corrected chi connectivity index (χ0v) is 9.70. The first-order valence-corrected chi connectivity index (χ1v) is 5.27. The quantitative estimate of drug-likeness (QED) is 0.670. The molecule has 0 spiro atoms. The average Bonchev–Trinajstić information content (AvgIpc) is 2.43. The van der Waals surface area contributed by atoms with E-state index in [1.807, 2.05) is 13.8 Å². The third kappa shape index (κ3) is 2.50. The van der Waals surface area contributed by atoms with Gasteiger partial charge in [-0.25, -0.2) is 4.79 Å². The molecule has 0 aliphatic carbocycles. The summed E-state index contributed by atoms with van der Waals surface area (Å²) in [5.41, 5.74) is 0.593. The Morgan fingerprint density at radius 2 is 2.07 bits per heavy atom. The number of hydrogen-bond donors (Lipinski definition) is 0. The first-order chi connectivity index (χ1) is 7.11. The van der Waals surface area contributed by atoms with Gasteiger partial charge in [0.25, 0.3) is 0 Å². The molecule has 4 nitrogen and oxygen atoms in total. The molecule has 0 N–H and O–H groups in total. The summed E-state index contributed by atoms with van der Waals surface area (Å²) >= 11 is 0. The highest BCUT2D eigenvalue weighted by atomic mass is 16.7. The van der Waals surface area contributed by atoms with Crippen LogP contribution in [0.3, 0.4) is 0 Å². The van der Waals surface area contributed by atoms with E-state index in [9.17, 15) is 4.79 Å². The van der Waals surface area contributed by atoms with E-state index in [-0.39, 0.29) is 18.2 Å². The van der Waals surface area contributed by atoms with Crippen molar-refractivity contribution in [2.75, 3.05) is 13.2 Å². The van der Waals surface area contributed by atoms with E-state index in [2.05, 4.69) is 0 Å².